The van der Waals surface area contributed by atoms with Gasteiger partial charge in [0.05, 0.1) is 6.54 Å². The number of Topliss-reactive ketones (excluding diaryl/α,β-unsaturated/α-hetero) is 1. The zero-order chi connectivity index (χ0) is 17.2. The van der Waals surface area contributed by atoms with Crippen molar-refractivity contribution in [1.29, 1.82) is 0 Å². The number of ketones is 1. The maximum Gasteiger partial charge on any atom is 0.252 e. The van der Waals surface area contributed by atoms with E-state index in [1.165, 1.54) is 13.1 Å². The van der Waals surface area contributed by atoms with E-state index < -0.39 is 10.0 Å². The third kappa shape index (κ3) is 3.46. The largest absolute Gasteiger partial charge is 0.345 e. The van der Waals surface area contributed by atoms with Gasteiger partial charge < -0.3 is 4.57 Å². The summed E-state index contributed by atoms with van der Waals surface area (Å²) in [5.74, 6) is -0.212. The lowest BCUT2D eigenvalue weighted by atomic mass is 10.1. The summed E-state index contributed by atoms with van der Waals surface area (Å²) in [5, 5.41) is 1.70. The molecule has 0 saturated carbocycles. The van der Waals surface area contributed by atoms with Crippen LogP contribution in [0.4, 0.5) is 0 Å². The molecule has 124 valence electrons. The maximum atomic E-state index is 12.5. The maximum absolute atomic E-state index is 12.5. The molecule has 0 aliphatic carbocycles. The van der Waals surface area contributed by atoms with E-state index in [0.29, 0.717) is 12.1 Å². The number of hydrogen-bond donors (Lipinski definition) is 0. The third-order valence-corrected chi connectivity index (χ3v) is 6.89. The number of hydrogen-bond acceptors (Lipinski definition) is 4. The van der Waals surface area contributed by atoms with Crippen molar-refractivity contribution in [3.05, 3.63) is 53.2 Å². The van der Waals surface area contributed by atoms with Gasteiger partial charge in [0.2, 0.25) is 0 Å². The first-order valence-corrected chi connectivity index (χ1v) is 9.41. The van der Waals surface area contributed by atoms with Crippen LogP contribution >= 0.6 is 11.3 Å². The van der Waals surface area contributed by atoms with Crippen LogP contribution in [-0.4, -0.2) is 36.7 Å². The molecule has 2 heterocycles. The smallest absolute Gasteiger partial charge is 0.252 e. The number of sulfonamides is 1. The fourth-order valence-electron chi connectivity index (χ4n) is 2.43. The molecule has 2 aromatic rings. The summed E-state index contributed by atoms with van der Waals surface area (Å²) in [6, 6.07) is 5.01. The summed E-state index contributed by atoms with van der Waals surface area (Å²) in [4.78, 5) is 12.5. The SMILES string of the molecule is C=CCn1c(C)cc(C(=O)CN(C)S(=O)(=O)c2cccs2)c1C. The minimum atomic E-state index is -3.62. The topological polar surface area (TPSA) is 59.4 Å². The number of carbonyl (C=O) groups is 1. The van der Waals surface area contributed by atoms with E-state index in [4.69, 9.17) is 0 Å². The van der Waals surface area contributed by atoms with E-state index >= 15 is 0 Å². The van der Waals surface area contributed by atoms with Crippen LogP contribution in [-0.2, 0) is 16.6 Å². The second-order valence-electron chi connectivity index (χ2n) is 5.30. The fraction of sp³-hybridized carbons (Fsp3) is 0.312. The number of aryl methyl sites for hydroxylation is 1. The van der Waals surface area contributed by atoms with Crippen LogP contribution in [0.3, 0.4) is 0 Å². The highest BCUT2D eigenvalue weighted by Gasteiger charge is 2.25. The van der Waals surface area contributed by atoms with E-state index in [0.717, 1.165) is 27.0 Å². The van der Waals surface area contributed by atoms with Crippen molar-refractivity contribution in [2.45, 2.75) is 24.6 Å². The fourth-order valence-corrected chi connectivity index (χ4v) is 4.76. The molecule has 0 radical (unpaired) electrons. The number of carbonyl (C=O) groups excluding carboxylic acids is 1. The predicted molar refractivity (Wildman–Crippen MR) is 92.6 cm³/mol. The second kappa shape index (κ2) is 6.82. The average Bonchev–Trinajstić information content (AvgIpc) is 3.11. The molecule has 0 saturated heterocycles. The van der Waals surface area contributed by atoms with Crippen molar-refractivity contribution in [1.82, 2.24) is 8.87 Å². The van der Waals surface area contributed by atoms with E-state index in [2.05, 4.69) is 6.58 Å². The monoisotopic (exact) mass is 352 g/mol. The summed E-state index contributed by atoms with van der Waals surface area (Å²) in [6.07, 6.45) is 1.77. The molecule has 0 unspecified atom stereocenters. The Bertz CT molecular complexity index is 818. The van der Waals surface area contributed by atoms with E-state index in [1.807, 2.05) is 18.4 Å². The molecular formula is C16H20N2O3S2. The highest BCUT2D eigenvalue weighted by atomic mass is 32.2. The lowest BCUT2D eigenvalue weighted by molar-refractivity contribution is 0.0972. The molecule has 0 aliphatic rings. The van der Waals surface area contributed by atoms with Crippen LogP contribution in [0.5, 0.6) is 0 Å². The van der Waals surface area contributed by atoms with E-state index in [1.54, 1.807) is 23.6 Å². The number of thiophene rings is 1. The molecule has 0 aromatic carbocycles. The van der Waals surface area contributed by atoms with Gasteiger partial charge in [0.15, 0.2) is 5.78 Å². The minimum absolute atomic E-state index is 0.182. The summed E-state index contributed by atoms with van der Waals surface area (Å²) in [5.41, 5.74) is 2.33. The summed E-state index contributed by atoms with van der Waals surface area (Å²) >= 11 is 1.14. The van der Waals surface area contributed by atoms with Gasteiger partial charge in [-0.2, -0.15) is 4.31 Å². The van der Waals surface area contributed by atoms with Gasteiger partial charge in [-0.25, -0.2) is 8.42 Å². The van der Waals surface area contributed by atoms with E-state index in [9.17, 15) is 13.2 Å². The second-order valence-corrected chi connectivity index (χ2v) is 8.52. The molecule has 2 rings (SSSR count). The zero-order valence-electron chi connectivity index (χ0n) is 13.4. The first kappa shape index (κ1) is 17.7. The molecule has 0 atom stereocenters. The number of rotatable bonds is 7. The highest BCUT2D eigenvalue weighted by Crippen LogP contribution is 2.21. The lowest BCUT2D eigenvalue weighted by Gasteiger charge is -2.15. The Kier molecular flexibility index (Phi) is 5.23. The quantitative estimate of drug-likeness (QED) is 0.569. The molecule has 5 nitrogen and oxygen atoms in total. The van der Waals surface area contributed by atoms with Crippen molar-refractivity contribution in [2.75, 3.05) is 13.6 Å². The van der Waals surface area contributed by atoms with Gasteiger partial charge in [0.25, 0.3) is 10.0 Å². The number of allylic oxidation sites excluding steroid dienone is 1. The molecular weight excluding hydrogens is 332 g/mol. The van der Waals surface area contributed by atoms with Gasteiger partial charge in [-0.3, -0.25) is 4.79 Å². The summed E-state index contributed by atoms with van der Waals surface area (Å²) < 4.78 is 28.1. The van der Waals surface area contributed by atoms with Gasteiger partial charge in [0, 0.05) is 30.5 Å². The number of nitrogens with zero attached hydrogens (tertiary/aromatic N) is 2. The number of aromatic nitrogens is 1. The van der Waals surface area contributed by atoms with Gasteiger partial charge >= 0.3 is 0 Å². The predicted octanol–water partition coefficient (Wildman–Crippen LogP) is 2.86. The molecule has 0 bridgehead atoms. The molecule has 0 spiro atoms. The van der Waals surface area contributed by atoms with Gasteiger partial charge in [-0.15, -0.1) is 17.9 Å². The molecule has 0 aliphatic heterocycles. The molecule has 0 N–H and O–H groups in total. The lowest BCUT2D eigenvalue weighted by Crippen LogP contribution is -2.32. The Labute approximate surface area is 140 Å². The van der Waals surface area contributed by atoms with Crippen molar-refractivity contribution >= 4 is 27.1 Å². The summed E-state index contributed by atoms with van der Waals surface area (Å²) in [7, 11) is -2.19. The molecule has 0 amide bonds. The van der Waals surface area contributed by atoms with Crippen LogP contribution < -0.4 is 0 Å². The Hall–Kier alpha value is -1.70. The van der Waals surface area contributed by atoms with Gasteiger partial charge in [0.1, 0.15) is 4.21 Å². The standard InChI is InChI=1S/C16H20N2O3S2/c1-5-8-18-12(2)10-14(13(18)3)15(19)11-17(4)23(20,21)16-7-6-9-22-16/h5-7,9-10H,1,8,11H2,2-4H3. The van der Waals surface area contributed by atoms with Crippen LogP contribution in [0.1, 0.15) is 21.7 Å². The zero-order valence-corrected chi connectivity index (χ0v) is 15.1. The Morgan fingerprint density at radius 2 is 2.13 bits per heavy atom. The van der Waals surface area contributed by atoms with Crippen molar-refractivity contribution in [3.8, 4) is 0 Å². The highest BCUT2D eigenvalue weighted by molar-refractivity contribution is 7.91. The van der Waals surface area contributed by atoms with Crippen molar-refractivity contribution in [3.63, 3.8) is 0 Å². The molecule has 2 aromatic heterocycles. The first-order valence-electron chi connectivity index (χ1n) is 7.09. The van der Waals surface area contributed by atoms with Crippen LogP contribution in [0.15, 0.2) is 40.4 Å². The normalized spacial score (nSPS) is 11.8. The number of likely N-dealkylation sites (N-methyl/N-ethyl adjacent to an activating group) is 1. The third-order valence-electron chi connectivity index (χ3n) is 3.71. The van der Waals surface area contributed by atoms with Crippen LogP contribution in [0.2, 0.25) is 0 Å². The Morgan fingerprint density at radius 1 is 1.43 bits per heavy atom. The van der Waals surface area contributed by atoms with Crippen LogP contribution in [0, 0.1) is 13.8 Å². The first-order chi connectivity index (χ1) is 10.8. The molecule has 7 heteroatoms. The average molecular weight is 352 g/mol. The Morgan fingerprint density at radius 3 is 2.70 bits per heavy atom. The van der Waals surface area contributed by atoms with E-state index in [-0.39, 0.29) is 16.5 Å². The minimum Gasteiger partial charge on any atom is -0.345 e. The van der Waals surface area contributed by atoms with Crippen molar-refractivity contribution < 1.29 is 13.2 Å². The van der Waals surface area contributed by atoms with Crippen molar-refractivity contribution in [2.24, 2.45) is 0 Å². The van der Waals surface area contributed by atoms with Crippen LogP contribution in [0.25, 0.3) is 0 Å². The molecule has 0 fully saturated rings. The van der Waals surface area contributed by atoms with Gasteiger partial charge in [-0.05, 0) is 31.4 Å². The molecule has 23 heavy (non-hydrogen) atoms. The Balaban J connectivity index is 2.23. The van der Waals surface area contributed by atoms with Gasteiger partial charge in [-0.1, -0.05) is 12.1 Å². The summed E-state index contributed by atoms with van der Waals surface area (Å²) in [6.45, 7) is 7.92.